The second-order valence-corrected chi connectivity index (χ2v) is 9.52. The standard InChI is InChI=1S/C27H33FN4O4/c28-24-9-8-20(10-22(24)13-29-15-25(33)30-12-18-6-7-18)23-11-21(23)14-31-26(34)16-32-27(35)36-17-19-4-2-1-3-5-19/h1-5,8-10,18,21,23,29H,6-7,11-17H2,(H,30,33)(H,31,34)(H,32,35). The van der Waals surface area contributed by atoms with Gasteiger partial charge in [0.05, 0.1) is 13.1 Å². The highest BCUT2D eigenvalue weighted by Crippen LogP contribution is 2.47. The number of alkyl carbamates (subject to hydrolysis) is 1. The molecule has 4 N–H and O–H groups in total. The fourth-order valence-corrected chi connectivity index (χ4v) is 4.03. The predicted octanol–water partition coefficient (Wildman–Crippen LogP) is 2.59. The third kappa shape index (κ3) is 8.34. The molecule has 2 aromatic carbocycles. The van der Waals surface area contributed by atoms with Gasteiger partial charge in [-0.1, -0.05) is 42.5 Å². The van der Waals surface area contributed by atoms with E-state index in [1.807, 2.05) is 36.4 Å². The molecule has 0 aliphatic heterocycles. The van der Waals surface area contributed by atoms with E-state index in [1.165, 1.54) is 18.9 Å². The Balaban J connectivity index is 1.12. The third-order valence-electron chi connectivity index (χ3n) is 6.47. The molecule has 2 aliphatic rings. The molecular weight excluding hydrogens is 463 g/mol. The molecule has 3 amide bonds. The van der Waals surface area contributed by atoms with E-state index in [0.29, 0.717) is 18.0 Å². The molecule has 2 fully saturated rings. The molecule has 0 bridgehead atoms. The lowest BCUT2D eigenvalue weighted by atomic mass is 10.0. The fraction of sp³-hybridized carbons (Fsp3) is 0.444. The lowest BCUT2D eigenvalue weighted by Gasteiger charge is -2.10. The number of carbonyl (C=O) groups excluding carboxylic acids is 3. The van der Waals surface area contributed by atoms with Crippen LogP contribution < -0.4 is 21.3 Å². The van der Waals surface area contributed by atoms with Crippen LogP contribution in [0.2, 0.25) is 0 Å². The van der Waals surface area contributed by atoms with E-state index in [0.717, 1.165) is 24.1 Å². The SMILES string of the molecule is O=C(CNCc1cc(C2CC2CNC(=O)CNC(=O)OCc2ccccc2)ccc1F)NCC1CC1. The summed E-state index contributed by atoms with van der Waals surface area (Å²) < 4.78 is 19.3. The molecule has 8 nitrogen and oxygen atoms in total. The van der Waals surface area contributed by atoms with Crippen molar-refractivity contribution in [2.24, 2.45) is 11.8 Å². The largest absolute Gasteiger partial charge is 0.445 e. The van der Waals surface area contributed by atoms with Crippen molar-refractivity contribution in [3.63, 3.8) is 0 Å². The average molecular weight is 497 g/mol. The highest BCUT2D eigenvalue weighted by molar-refractivity contribution is 5.82. The maximum absolute atomic E-state index is 14.3. The van der Waals surface area contributed by atoms with Gasteiger partial charge in [-0.3, -0.25) is 9.59 Å². The Kier molecular flexibility index (Phi) is 8.89. The summed E-state index contributed by atoms with van der Waals surface area (Å²) in [7, 11) is 0. The summed E-state index contributed by atoms with van der Waals surface area (Å²) in [5.74, 6) is 0.461. The van der Waals surface area contributed by atoms with Crippen LogP contribution in [0.5, 0.6) is 0 Å². The molecule has 2 aromatic rings. The van der Waals surface area contributed by atoms with Crippen LogP contribution in [0.25, 0.3) is 0 Å². The molecule has 2 unspecified atom stereocenters. The molecule has 2 saturated carbocycles. The van der Waals surface area contributed by atoms with E-state index in [4.69, 9.17) is 4.74 Å². The van der Waals surface area contributed by atoms with E-state index in [1.54, 1.807) is 6.07 Å². The topological polar surface area (TPSA) is 109 Å². The number of halogens is 1. The van der Waals surface area contributed by atoms with Gasteiger partial charge in [0.15, 0.2) is 0 Å². The molecular formula is C27H33FN4O4. The van der Waals surface area contributed by atoms with Crippen molar-refractivity contribution >= 4 is 17.9 Å². The van der Waals surface area contributed by atoms with Crippen LogP contribution in [0, 0.1) is 17.7 Å². The van der Waals surface area contributed by atoms with Gasteiger partial charge < -0.3 is 26.0 Å². The quantitative estimate of drug-likeness (QED) is 0.341. The van der Waals surface area contributed by atoms with Crippen LogP contribution in [0.1, 0.15) is 41.9 Å². The van der Waals surface area contributed by atoms with E-state index in [-0.39, 0.29) is 55.7 Å². The van der Waals surface area contributed by atoms with Gasteiger partial charge in [-0.15, -0.1) is 0 Å². The molecule has 192 valence electrons. The molecule has 2 atom stereocenters. The van der Waals surface area contributed by atoms with Crippen LogP contribution in [-0.2, 0) is 27.5 Å². The van der Waals surface area contributed by atoms with Crippen LogP contribution in [-0.4, -0.2) is 44.1 Å². The Morgan fingerprint density at radius 2 is 1.67 bits per heavy atom. The minimum atomic E-state index is -0.647. The van der Waals surface area contributed by atoms with Gasteiger partial charge in [-0.25, -0.2) is 9.18 Å². The molecule has 9 heteroatoms. The number of hydrogen-bond donors (Lipinski definition) is 4. The Morgan fingerprint density at radius 3 is 2.44 bits per heavy atom. The van der Waals surface area contributed by atoms with Gasteiger partial charge in [0, 0.05) is 25.2 Å². The summed E-state index contributed by atoms with van der Waals surface area (Å²) in [5, 5.41) is 11.2. The van der Waals surface area contributed by atoms with E-state index >= 15 is 0 Å². The summed E-state index contributed by atoms with van der Waals surface area (Å²) in [6, 6.07) is 14.4. The maximum atomic E-state index is 14.3. The molecule has 0 spiro atoms. The Morgan fingerprint density at radius 1 is 0.917 bits per heavy atom. The Labute approximate surface area is 210 Å². The van der Waals surface area contributed by atoms with E-state index in [9.17, 15) is 18.8 Å². The molecule has 0 heterocycles. The number of hydrogen-bond acceptors (Lipinski definition) is 5. The number of amides is 3. The van der Waals surface area contributed by atoms with E-state index < -0.39 is 6.09 Å². The summed E-state index contributed by atoms with van der Waals surface area (Å²) in [4.78, 5) is 35.7. The number of nitrogens with one attached hydrogen (secondary N) is 4. The van der Waals surface area contributed by atoms with Gasteiger partial charge in [-0.2, -0.15) is 0 Å². The smallest absolute Gasteiger partial charge is 0.407 e. The molecule has 0 aromatic heterocycles. The highest BCUT2D eigenvalue weighted by Gasteiger charge is 2.38. The lowest BCUT2D eigenvalue weighted by molar-refractivity contribution is -0.121. The fourth-order valence-electron chi connectivity index (χ4n) is 4.03. The summed E-state index contributed by atoms with van der Waals surface area (Å²) in [6.45, 7) is 1.61. The molecule has 0 radical (unpaired) electrons. The van der Waals surface area contributed by atoms with Crippen LogP contribution >= 0.6 is 0 Å². The van der Waals surface area contributed by atoms with Crippen molar-refractivity contribution in [3.05, 3.63) is 71.0 Å². The first-order chi connectivity index (χ1) is 17.5. The first-order valence-electron chi connectivity index (χ1n) is 12.4. The average Bonchev–Trinajstić information content (AvgIpc) is 3.81. The van der Waals surface area contributed by atoms with E-state index in [2.05, 4.69) is 21.3 Å². The van der Waals surface area contributed by atoms with Crippen molar-refractivity contribution < 1.29 is 23.5 Å². The predicted molar refractivity (Wildman–Crippen MR) is 132 cm³/mol. The van der Waals surface area contributed by atoms with Crippen LogP contribution in [0.4, 0.5) is 9.18 Å². The zero-order valence-corrected chi connectivity index (χ0v) is 20.2. The van der Waals surface area contributed by atoms with Crippen molar-refractivity contribution in [2.45, 2.75) is 38.3 Å². The van der Waals surface area contributed by atoms with Crippen LogP contribution in [0.3, 0.4) is 0 Å². The summed E-state index contributed by atoms with van der Waals surface area (Å²) in [5.41, 5.74) is 2.41. The van der Waals surface area contributed by atoms with Gasteiger partial charge >= 0.3 is 6.09 Å². The highest BCUT2D eigenvalue weighted by atomic mass is 19.1. The molecule has 36 heavy (non-hydrogen) atoms. The number of benzene rings is 2. The molecule has 0 saturated heterocycles. The van der Waals surface area contributed by atoms with Crippen molar-refractivity contribution in [1.29, 1.82) is 0 Å². The van der Waals surface area contributed by atoms with Crippen molar-refractivity contribution in [1.82, 2.24) is 21.3 Å². The Bertz CT molecular complexity index is 1060. The lowest BCUT2D eigenvalue weighted by Crippen LogP contribution is -2.38. The van der Waals surface area contributed by atoms with Gasteiger partial charge in [0.25, 0.3) is 0 Å². The monoisotopic (exact) mass is 496 g/mol. The second-order valence-electron chi connectivity index (χ2n) is 9.52. The number of carbonyl (C=O) groups is 3. The zero-order chi connectivity index (χ0) is 25.3. The van der Waals surface area contributed by atoms with Crippen molar-refractivity contribution in [3.8, 4) is 0 Å². The molecule has 2 aliphatic carbocycles. The minimum Gasteiger partial charge on any atom is -0.445 e. The maximum Gasteiger partial charge on any atom is 0.407 e. The first-order valence-corrected chi connectivity index (χ1v) is 12.4. The normalized spacial score (nSPS) is 18.2. The van der Waals surface area contributed by atoms with Gasteiger partial charge in [-0.05, 0) is 54.2 Å². The Hall–Kier alpha value is -3.46. The number of ether oxygens (including phenoxy) is 1. The third-order valence-corrected chi connectivity index (χ3v) is 6.47. The second kappa shape index (κ2) is 12.5. The van der Waals surface area contributed by atoms with Gasteiger partial charge in [0.2, 0.25) is 11.8 Å². The number of rotatable bonds is 13. The van der Waals surface area contributed by atoms with Gasteiger partial charge in [0.1, 0.15) is 12.4 Å². The van der Waals surface area contributed by atoms with Crippen molar-refractivity contribution in [2.75, 3.05) is 26.2 Å². The zero-order valence-electron chi connectivity index (χ0n) is 20.2. The minimum absolute atomic E-state index is 0.0737. The summed E-state index contributed by atoms with van der Waals surface area (Å²) >= 11 is 0. The first kappa shape index (κ1) is 25.6. The van der Waals surface area contributed by atoms with Crippen LogP contribution in [0.15, 0.2) is 48.5 Å². The molecule has 4 rings (SSSR count). The summed E-state index contributed by atoms with van der Waals surface area (Å²) in [6.07, 6.45) is 2.61.